The SMILES string of the molecule is CN(C)C(c1ccccc1)N1CC1. The number of hydrogen-bond acceptors (Lipinski definition) is 2. The summed E-state index contributed by atoms with van der Waals surface area (Å²) < 4.78 is 0. The molecule has 0 amide bonds. The van der Waals surface area contributed by atoms with E-state index in [2.05, 4.69) is 54.2 Å². The Bertz CT molecular complexity index is 263. The molecule has 1 heterocycles. The molecule has 0 spiro atoms. The van der Waals surface area contributed by atoms with E-state index in [1.165, 1.54) is 18.7 Å². The number of nitrogens with zero attached hydrogens (tertiary/aromatic N) is 2. The fourth-order valence-corrected chi connectivity index (χ4v) is 1.76. The first-order valence-electron chi connectivity index (χ1n) is 4.74. The smallest absolute Gasteiger partial charge is 0.0882 e. The van der Waals surface area contributed by atoms with Crippen molar-refractivity contribution in [3.8, 4) is 0 Å². The Balaban J connectivity index is 2.20. The average molecular weight is 176 g/mol. The van der Waals surface area contributed by atoms with Crippen LogP contribution < -0.4 is 0 Å². The van der Waals surface area contributed by atoms with Crippen molar-refractivity contribution >= 4 is 0 Å². The summed E-state index contributed by atoms with van der Waals surface area (Å²) in [6.07, 6.45) is 0.473. The summed E-state index contributed by atoms with van der Waals surface area (Å²) in [4.78, 5) is 4.72. The normalized spacial score (nSPS) is 19.0. The molecular formula is C11H16N2. The van der Waals surface area contributed by atoms with Crippen LogP contribution in [0.5, 0.6) is 0 Å². The molecule has 0 N–H and O–H groups in total. The standard InChI is InChI=1S/C11H16N2/c1-12(2)11(13-8-9-13)10-6-4-3-5-7-10/h3-7,11H,8-9H2,1-2H3. The summed E-state index contributed by atoms with van der Waals surface area (Å²) in [6, 6.07) is 10.7. The largest absolute Gasteiger partial charge is 0.290 e. The number of rotatable bonds is 3. The van der Waals surface area contributed by atoms with E-state index in [1.807, 2.05) is 0 Å². The Morgan fingerprint density at radius 3 is 2.23 bits per heavy atom. The number of hydrogen-bond donors (Lipinski definition) is 0. The van der Waals surface area contributed by atoms with Gasteiger partial charge in [0.05, 0.1) is 6.17 Å². The Kier molecular flexibility index (Phi) is 2.34. The quantitative estimate of drug-likeness (QED) is 0.645. The highest BCUT2D eigenvalue weighted by Gasteiger charge is 2.29. The third-order valence-electron chi connectivity index (χ3n) is 2.41. The maximum atomic E-state index is 2.45. The molecule has 0 radical (unpaired) electrons. The maximum Gasteiger partial charge on any atom is 0.0882 e. The van der Waals surface area contributed by atoms with Crippen molar-refractivity contribution in [1.29, 1.82) is 0 Å². The molecule has 0 bridgehead atoms. The highest BCUT2D eigenvalue weighted by molar-refractivity contribution is 5.19. The van der Waals surface area contributed by atoms with Crippen molar-refractivity contribution in [2.45, 2.75) is 6.17 Å². The zero-order chi connectivity index (χ0) is 9.26. The van der Waals surface area contributed by atoms with E-state index in [-0.39, 0.29) is 0 Å². The Hall–Kier alpha value is -0.860. The molecule has 2 heteroatoms. The summed E-state index contributed by atoms with van der Waals surface area (Å²) in [5, 5.41) is 0. The van der Waals surface area contributed by atoms with Gasteiger partial charge in [0.15, 0.2) is 0 Å². The highest BCUT2D eigenvalue weighted by Crippen LogP contribution is 2.27. The van der Waals surface area contributed by atoms with Crippen LogP contribution in [0.1, 0.15) is 11.7 Å². The van der Waals surface area contributed by atoms with Crippen molar-refractivity contribution in [3.05, 3.63) is 35.9 Å². The third-order valence-corrected chi connectivity index (χ3v) is 2.41. The second-order valence-corrected chi connectivity index (χ2v) is 3.78. The molecule has 0 aliphatic carbocycles. The Morgan fingerprint density at radius 1 is 1.15 bits per heavy atom. The number of benzene rings is 1. The van der Waals surface area contributed by atoms with Gasteiger partial charge in [0.25, 0.3) is 0 Å². The molecule has 2 rings (SSSR count). The van der Waals surface area contributed by atoms with E-state index in [4.69, 9.17) is 0 Å². The van der Waals surface area contributed by atoms with Crippen LogP contribution in [0.25, 0.3) is 0 Å². The van der Waals surface area contributed by atoms with Crippen LogP contribution in [0.4, 0.5) is 0 Å². The van der Waals surface area contributed by atoms with Gasteiger partial charge in [-0.15, -0.1) is 0 Å². The van der Waals surface area contributed by atoms with E-state index < -0.39 is 0 Å². The van der Waals surface area contributed by atoms with E-state index in [0.29, 0.717) is 6.17 Å². The topological polar surface area (TPSA) is 6.25 Å². The summed E-state index contributed by atoms with van der Waals surface area (Å²) in [7, 11) is 4.27. The molecule has 70 valence electrons. The van der Waals surface area contributed by atoms with Gasteiger partial charge in [-0.1, -0.05) is 30.3 Å². The molecule has 1 aromatic rings. The van der Waals surface area contributed by atoms with Crippen LogP contribution in [0, 0.1) is 0 Å². The zero-order valence-corrected chi connectivity index (χ0v) is 8.27. The van der Waals surface area contributed by atoms with Gasteiger partial charge >= 0.3 is 0 Å². The predicted octanol–water partition coefficient (Wildman–Crippen LogP) is 1.56. The fourth-order valence-electron chi connectivity index (χ4n) is 1.76. The molecule has 1 atom stereocenters. The van der Waals surface area contributed by atoms with E-state index >= 15 is 0 Å². The highest BCUT2D eigenvalue weighted by atomic mass is 15.4. The van der Waals surface area contributed by atoms with Gasteiger partial charge in [0.2, 0.25) is 0 Å². The second kappa shape index (κ2) is 3.48. The lowest BCUT2D eigenvalue weighted by atomic mass is 10.1. The monoisotopic (exact) mass is 176 g/mol. The van der Waals surface area contributed by atoms with Crippen molar-refractivity contribution in [2.24, 2.45) is 0 Å². The zero-order valence-electron chi connectivity index (χ0n) is 8.27. The minimum absolute atomic E-state index is 0.473. The molecular weight excluding hydrogens is 160 g/mol. The average Bonchev–Trinajstić information content (AvgIpc) is 2.90. The van der Waals surface area contributed by atoms with Gasteiger partial charge < -0.3 is 0 Å². The first kappa shape index (κ1) is 8.73. The molecule has 1 saturated heterocycles. The first-order chi connectivity index (χ1) is 6.29. The molecule has 13 heavy (non-hydrogen) atoms. The van der Waals surface area contributed by atoms with Gasteiger partial charge in [-0.3, -0.25) is 9.80 Å². The van der Waals surface area contributed by atoms with Crippen LogP contribution in [-0.4, -0.2) is 37.0 Å². The molecule has 1 aliphatic heterocycles. The second-order valence-electron chi connectivity index (χ2n) is 3.78. The lowest BCUT2D eigenvalue weighted by Gasteiger charge is -2.25. The van der Waals surface area contributed by atoms with E-state index in [1.54, 1.807) is 0 Å². The van der Waals surface area contributed by atoms with Crippen molar-refractivity contribution in [2.75, 3.05) is 27.2 Å². The molecule has 1 fully saturated rings. The van der Waals surface area contributed by atoms with Crippen molar-refractivity contribution in [3.63, 3.8) is 0 Å². The fraction of sp³-hybridized carbons (Fsp3) is 0.455. The summed E-state index contributed by atoms with van der Waals surface area (Å²) in [5.41, 5.74) is 1.39. The Morgan fingerprint density at radius 2 is 1.77 bits per heavy atom. The van der Waals surface area contributed by atoms with Crippen LogP contribution in [0.2, 0.25) is 0 Å². The maximum absolute atomic E-state index is 2.45. The molecule has 1 aromatic carbocycles. The predicted molar refractivity (Wildman–Crippen MR) is 54.4 cm³/mol. The minimum atomic E-state index is 0.473. The molecule has 1 unspecified atom stereocenters. The van der Waals surface area contributed by atoms with Gasteiger partial charge in [-0.2, -0.15) is 0 Å². The van der Waals surface area contributed by atoms with E-state index in [0.717, 1.165) is 0 Å². The van der Waals surface area contributed by atoms with Gasteiger partial charge in [0, 0.05) is 13.1 Å². The van der Waals surface area contributed by atoms with Gasteiger partial charge in [-0.25, -0.2) is 0 Å². The summed E-state index contributed by atoms with van der Waals surface area (Å²) >= 11 is 0. The molecule has 0 aromatic heterocycles. The summed E-state index contributed by atoms with van der Waals surface area (Å²) in [6.45, 7) is 2.47. The van der Waals surface area contributed by atoms with Gasteiger partial charge in [0.1, 0.15) is 0 Å². The minimum Gasteiger partial charge on any atom is -0.290 e. The van der Waals surface area contributed by atoms with Crippen LogP contribution in [-0.2, 0) is 0 Å². The Labute approximate surface area is 79.8 Å². The van der Waals surface area contributed by atoms with Crippen LogP contribution in [0.15, 0.2) is 30.3 Å². The van der Waals surface area contributed by atoms with Crippen molar-refractivity contribution in [1.82, 2.24) is 9.80 Å². The molecule has 0 saturated carbocycles. The molecule has 1 aliphatic rings. The van der Waals surface area contributed by atoms with Crippen LogP contribution in [0.3, 0.4) is 0 Å². The lowest BCUT2D eigenvalue weighted by molar-refractivity contribution is 0.184. The van der Waals surface area contributed by atoms with E-state index in [9.17, 15) is 0 Å². The first-order valence-corrected chi connectivity index (χ1v) is 4.74. The summed E-state index contributed by atoms with van der Waals surface area (Å²) in [5.74, 6) is 0. The lowest BCUT2D eigenvalue weighted by Crippen LogP contribution is -2.26. The molecule has 2 nitrogen and oxygen atoms in total. The van der Waals surface area contributed by atoms with Crippen molar-refractivity contribution < 1.29 is 0 Å². The van der Waals surface area contributed by atoms with Crippen LogP contribution >= 0.6 is 0 Å². The third kappa shape index (κ3) is 1.90. The van der Waals surface area contributed by atoms with Gasteiger partial charge in [-0.05, 0) is 19.7 Å².